The highest BCUT2D eigenvalue weighted by molar-refractivity contribution is 8.00. The lowest BCUT2D eigenvalue weighted by molar-refractivity contribution is -0.123. The molecular weight excluding hydrogens is 540 g/mol. The number of hydrogen-bond acceptors (Lipinski definition) is 6. The smallest absolute Gasteiger partial charge is 0.240 e. The minimum Gasteiger partial charge on any atom is -0.383 e. The molecule has 5 rings (SSSR count). The summed E-state index contributed by atoms with van der Waals surface area (Å²) >= 11 is 9.81. The fourth-order valence-electron chi connectivity index (χ4n) is 4.51. The van der Waals surface area contributed by atoms with Crippen LogP contribution >= 0.6 is 34.7 Å². The molecule has 38 heavy (non-hydrogen) atoms. The number of carbonyl (C=O) groups excluding carboxylic acids is 2. The zero-order valence-corrected chi connectivity index (χ0v) is 23.4. The maximum absolute atomic E-state index is 13.7. The van der Waals surface area contributed by atoms with Crippen LogP contribution in [0, 0.1) is 6.92 Å². The van der Waals surface area contributed by atoms with Gasteiger partial charge in [-0.25, -0.2) is 4.68 Å². The number of ether oxygens (including phenoxy) is 1. The summed E-state index contributed by atoms with van der Waals surface area (Å²) in [7, 11) is 1.58. The summed E-state index contributed by atoms with van der Waals surface area (Å²) in [4.78, 5) is 29.2. The minimum absolute atomic E-state index is 0.132. The van der Waals surface area contributed by atoms with E-state index < -0.39 is 0 Å². The van der Waals surface area contributed by atoms with Crippen LogP contribution < -0.4 is 10.2 Å². The Balaban J connectivity index is 1.76. The third kappa shape index (κ3) is 5.24. The number of aryl methyl sites for hydroxylation is 1. The number of thiophene rings is 1. The van der Waals surface area contributed by atoms with Gasteiger partial charge in [-0.2, -0.15) is 5.10 Å². The summed E-state index contributed by atoms with van der Waals surface area (Å²) in [5.74, 6) is 0.343. The molecule has 2 amide bonds. The van der Waals surface area contributed by atoms with Gasteiger partial charge in [0.25, 0.3) is 0 Å². The molecule has 10 heteroatoms. The van der Waals surface area contributed by atoms with Crippen molar-refractivity contribution in [2.75, 3.05) is 37.5 Å². The van der Waals surface area contributed by atoms with E-state index in [1.807, 2.05) is 77.6 Å². The Labute approximate surface area is 234 Å². The quantitative estimate of drug-likeness (QED) is 0.285. The van der Waals surface area contributed by atoms with Crippen LogP contribution in [0.15, 0.2) is 66.0 Å². The Morgan fingerprint density at radius 3 is 2.68 bits per heavy atom. The van der Waals surface area contributed by atoms with Gasteiger partial charge in [-0.3, -0.25) is 14.5 Å². The van der Waals surface area contributed by atoms with E-state index in [0.717, 1.165) is 32.9 Å². The first-order valence-corrected chi connectivity index (χ1v) is 14.4. The minimum atomic E-state index is -0.266. The predicted molar refractivity (Wildman–Crippen MR) is 155 cm³/mol. The number of rotatable bonds is 8. The van der Waals surface area contributed by atoms with Crippen LogP contribution in [0.2, 0.25) is 5.02 Å². The summed E-state index contributed by atoms with van der Waals surface area (Å²) in [6.45, 7) is 2.62. The number of para-hydroxylation sites is 1. The van der Waals surface area contributed by atoms with Gasteiger partial charge in [0.1, 0.15) is 18.1 Å². The Morgan fingerprint density at radius 2 is 1.95 bits per heavy atom. The van der Waals surface area contributed by atoms with Crippen LogP contribution in [0.1, 0.15) is 21.9 Å². The van der Waals surface area contributed by atoms with Crippen LogP contribution in [0.25, 0.3) is 16.3 Å². The molecule has 3 heterocycles. The second kappa shape index (κ2) is 11.7. The van der Waals surface area contributed by atoms with Crippen molar-refractivity contribution in [3.8, 4) is 16.3 Å². The van der Waals surface area contributed by atoms with E-state index >= 15 is 0 Å². The molecule has 1 aliphatic rings. The third-order valence-corrected chi connectivity index (χ3v) is 8.76. The van der Waals surface area contributed by atoms with E-state index in [0.29, 0.717) is 24.0 Å². The van der Waals surface area contributed by atoms with Crippen molar-refractivity contribution in [1.29, 1.82) is 0 Å². The number of nitrogens with zero attached hydrogens (tertiary/aromatic N) is 3. The number of carbonyl (C=O) groups is 2. The van der Waals surface area contributed by atoms with E-state index in [-0.39, 0.29) is 29.4 Å². The fraction of sp³-hybridized carbons (Fsp3) is 0.250. The monoisotopic (exact) mass is 566 g/mol. The molecule has 0 radical (unpaired) electrons. The molecular formula is C28H27ClN4O3S2. The number of amides is 2. The van der Waals surface area contributed by atoms with Crippen LogP contribution in [0.4, 0.5) is 5.82 Å². The van der Waals surface area contributed by atoms with Crippen molar-refractivity contribution in [1.82, 2.24) is 15.1 Å². The number of thioether (sulfide) groups is 1. The van der Waals surface area contributed by atoms with Crippen molar-refractivity contribution in [3.63, 3.8) is 0 Å². The molecule has 1 aliphatic heterocycles. The molecule has 0 spiro atoms. The molecule has 0 saturated heterocycles. The van der Waals surface area contributed by atoms with Gasteiger partial charge in [-0.05, 0) is 41.6 Å². The summed E-state index contributed by atoms with van der Waals surface area (Å²) in [6.07, 6.45) is 0. The lowest BCUT2D eigenvalue weighted by atomic mass is 10.0. The van der Waals surface area contributed by atoms with Crippen molar-refractivity contribution >= 4 is 52.3 Å². The Morgan fingerprint density at radius 1 is 1.16 bits per heavy atom. The Kier molecular flexibility index (Phi) is 8.18. The highest BCUT2D eigenvalue weighted by atomic mass is 35.5. The van der Waals surface area contributed by atoms with Crippen LogP contribution in [-0.2, 0) is 14.3 Å². The van der Waals surface area contributed by atoms with Crippen molar-refractivity contribution in [2.45, 2.75) is 12.2 Å². The number of nitrogens with one attached hydrogen (secondary N) is 1. The number of methoxy groups -OCH3 is 1. The molecule has 7 nitrogen and oxygen atoms in total. The van der Waals surface area contributed by atoms with E-state index in [2.05, 4.69) is 5.32 Å². The normalized spacial score (nSPS) is 15.3. The average molecular weight is 567 g/mol. The molecule has 0 fully saturated rings. The van der Waals surface area contributed by atoms with Gasteiger partial charge in [0.05, 0.1) is 28.2 Å². The summed E-state index contributed by atoms with van der Waals surface area (Å²) in [5.41, 5.74) is 4.38. The first kappa shape index (κ1) is 26.5. The van der Waals surface area contributed by atoms with Crippen LogP contribution in [0.3, 0.4) is 0 Å². The zero-order valence-electron chi connectivity index (χ0n) is 21.0. The predicted octanol–water partition coefficient (Wildman–Crippen LogP) is 5.49. The number of anilines is 1. The fourth-order valence-corrected chi connectivity index (χ4v) is 6.78. The van der Waals surface area contributed by atoms with Gasteiger partial charge in [0, 0.05) is 24.2 Å². The highest BCUT2D eigenvalue weighted by Crippen LogP contribution is 2.50. The summed E-state index contributed by atoms with van der Waals surface area (Å²) in [5, 5.41) is 10.3. The molecule has 1 N–H and O–H groups in total. The molecule has 2 aromatic heterocycles. The summed E-state index contributed by atoms with van der Waals surface area (Å²) < 4.78 is 6.88. The molecule has 196 valence electrons. The van der Waals surface area contributed by atoms with E-state index in [4.69, 9.17) is 21.4 Å². The molecule has 1 unspecified atom stereocenters. The van der Waals surface area contributed by atoms with Crippen molar-refractivity contribution in [3.05, 3.63) is 87.8 Å². The number of hydrogen-bond donors (Lipinski definition) is 1. The number of halogens is 1. The molecule has 2 aromatic carbocycles. The van der Waals surface area contributed by atoms with Gasteiger partial charge in [-0.15, -0.1) is 23.1 Å². The van der Waals surface area contributed by atoms with E-state index in [9.17, 15) is 9.59 Å². The molecule has 1 atom stereocenters. The standard InChI is InChI=1S/C28H27ClN4O3S2/c1-18-8-3-6-11-21(18)33-28-25(26(31-33)22-12-7-15-37-22)27(19-9-4-5-10-20(19)29)38-17-24(35)32(28)16-23(34)30-13-14-36-2/h3-12,15,27H,13-14,16-17H2,1-2H3,(H,30,34). The molecule has 0 bridgehead atoms. The largest absolute Gasteiger partial charge is 0.383 e. The number of aromatic nitrogens is 2. The van der Waals surface area contributed by atoms with E-state index in [1.54, 1.807) is 23.3 Å². The molecule has 0 saturated carbocycles. The second-order valence-electron chi connectivity index (χ2n) is 8.80. The zero-order chi connectivity index (χ0) is 26.6. The first-order valence-electron chi connectivity index (χ1n) is 12.1. The maximum atomic E-state index is 13.7. The van der Waals surface area contributed by atoms with Crippen molar-refractivity contribution in [2.24, 2.45) is 0 Å². The van der Waals surface area contributed by atoms with Crippen LogP contribution in [-0.4, -0.2) is 54.2 Å². The topological polar surface area (TPSA) is 76.5 Å². The SMILES string of the molecule is COCCNC(=O)CN1C(=O)CSC(c2ccccc2Cl)c2c(-c3cccs3)nn(-c3ccccc3C)c21. The average Bonchev–Trinajstić information content (AvgIpc) is 3.55. The third-order valence-electron chi connectivity index (χ3n) is 6.31. The highest BCUT2D eigenvalue weighted by Gasteiger charge is 2.38. The van der Waals surface area contributed by atoms with Gasteiger partial charge < -0.3 is 10.1 Å². The molecule has 4 aromatic rings. The number of benzene rings is 2. The maximum Gasteiger partial charge on any atom is 0.240 e. The van der Waals surface area contributed by atoms with Gasteiger partial charge >= 0.3 is 0 Å². The lowest BCUT2D eigenvalue weighted by Crippen LogP contribution is -2.43. The number of fused-ring (bicyclic) bond motifs is 1. The lowest BCUT2D eigenvalue weighted by Gasteiger charge is -2.23. The van der Waals surface area contributed by atoms with Crippen molar-refractivity contribution < 1.29 is 14.3 Å². The Bertz CT molecular complexity index is 1450. The van der Waals surface area contributed by atoms with Gasteiger partial charge in [0.2, 0.25) is 11.8 Å². The second-order valence-corrected chi connectivity index (χ2v) is 11.2. The first-order chi connectivity index (χ1) is 18.5. The van der Waals surface area contributed by atoms with Crippen LogP contribution in [0.5, 0.6) is 0 Å². The Hall–Kier alpha value is -3.11. The van der Waals surface area contributed by atoms with Gasteiger partial charge in [0.15, 0.2) is 0 Å². The summed E-state index contributed by atoms with van der Waals surface area (Å²) in [6, 6.07) is 19.6. The van der Waals surface area contributed by atoms with E-state index in [1.165, 1.54) is 11.8 Å². The van der Waals surface area contributed by atoms with Gasteiger partial charge in [-0.1, -0.05) is 54.1 Å². The molecule has 0 aliphatic carbocycles.